The maximum atomic E-state index is 14.6. The van der Waals surface area contributed by atoms with E-state index in [4.69, 9.17) is 11.6 Å². The molecule has 0 bridgehead atoms. The fourth-order valence-electron chi connectivity index (χ4n) is 5.48. The van der Waals surface area contributed by atoms with Gasteiger partial charge in [-0.2, -0.15) is 0 Å². The van der Waals surface area contributed by atoms with Gasteiger partial charge in [0.05, 0.1) is 25.8 Å². The Morgan fingerprint density at radius 2 is 1.68 bits per heavy atom. The summed E-state index contributed by atoms with van der Waals surface area (Å²) in [6, 6.07) is 16.9. The molecule has 0 atom stereocenters. The van der Waals surface area contributed by atoms with Crippen LogP contribution in [0.5, 0.6) is 0 Å². The van der Waals surface area contributed by atoms with Gasteiger partial charge < -0.3 is 10.2 Å². The first kappa shape index (κ1) is 29.6. The summed E-state index contributed by atoms with van der Waals surface area (Å²) in [5.74, 6) is -1.58. The Morgan fingerprint density at radius 1 is 1.00 bits per heavy atom. The van der Waals surface area contributed by atoms with Gasteiger partial charge in [0.2, 0.25) is 0 Å². The second-order valence-corrected chi connectivity index (χ2v) is 14.0. The smallest absolute Gasteiger partial charge is 0.266 e. The van der Waals surface area contributed by atoms with Crippen LogP contribution in [0.3, 0.4) is 0 Å². The number of halogens is 3. The van der Waals surface area contributed by atoms with Gasteiger partial charge in [0, 0.05) is 18.6 Å². The fourth-order valence-corrected chi connectivity index (χ4v) is 7.87. The van der Waals surface area contributed by atoms with Crippen LogP contribution in [-0.2, 0) is 16.4 Å². The van der Waals surface area contributed by atoms with Gasteiger partial charge in [-0.15, -0.1) is 11.3 Å². The number of nitrogens with one attached hydrogen (secondary N) is 1. The maximum absolute atomic E-state index is 14.6. The lowest BCUT2D eigenvalue weighted by molar-refractivity contribution is 0.0606. The summed E-state index contributed by atoms with van der Waals surface area (Å²) in [7, 11) is -1.37. The van der Waals surface area contributed by atoms with Crippen LogP contribution in [0, 0.1) is 11.6 Å². The van der Waals surface area contributed by atoms with Crippen molar-refractivity contribution in [1.29, 1.82) is 0 Å². The third-order valence-corrected chi connectivity index (χ3v) is 11.3. The average Bonchev–Trinajstić information content (AvgIpc) is 3.36. The van der Waals surface area contributed by atoms with E-state index in [0.29, 0.717) is 12.6 Å². The Labute approximate surface area is 248 Å². The molecular formula is C31H31ClF2N2O3S2. The van der Waals surface area contributed by atoms with Crippen molar-refractivity contribution in [3.05, 3.63) is 87.8 Å². The number of hydrogen-bond acceptors (Lipinski definition) is 5. The first-order chi connectivity index (χ1) is 19.6. The molecule has 1 aliphatic carbocycles. The van der Waals surface area contributed by atoms with E-state index in [-0.39, 0.29) is 42.6 Å². The maximum Gasteiger partial charge on any atom is 0.266 e. The van der Waals surface area contributed by atoms with E-state index in [1.165, 1.54) is 0 Å². The highest BCUT2D eigenvalue weighted by molar-refractivity contribution is 7.91. The van der Waals surface area contributed by atoms with Crippen LogP contribution < -0.4 is 5.32 Å². The largest absolute Gasteiger partial charge is 0.331 e. The van der Waals surface area contributed by atoms with Gasteiger partial charge in [-0.1, -0.05) is 48.9 Å². The second kappa shape index (κ2) is 12.2. The number of nitrogens with zero attached hydrogens (tertiary/aromatic N) is 1. The molecule has 41 heavy (non-hydrogen) atoms. The van der Waals surface area contributed by atoms with Gasteiger partial charge in [0.25, 0.3) is 5.91 Å². The number of thiophene rings is 1. The molecule has 3 aromatic carbocycles. The summed E-state index contributed by atoms with van der Waals surface area (Å²) < 4.78 is 53.6. The highest BCUT2D eigenvalue weighted by Gasteiger charge is 2.32. The molecule has 1 heterocycles. The van der Waals surface area contributed by atoms with Gasteiger partial charge in [0.15, 0.2) is 9.84 Å². The second-order valence-electron chi connectivity index (χ2n) is 10.3. The zero-order valence-electron chi connectivity index (χ0n) is 22.8. The van der Waals surface area contributed by atoms with Crippen LogP contribution in [0.2, 0.25) is 5.02 Å². The molecule has 1 amide bonds. The number of hydrogen-bond donors (Lipinski definition) is 1. The number of carbonyl (C=O) groups is 1. The van der Waals surface area contributed by atoms with E-state index in [1.807, 2.05) is 31.3 Å². The summed E-state index contributed by atoms with van der Waals surface area (Å²) in [4.78, 5) is 16.3. The molecule has 5 rings (SSSR count). The summed E-state index contributed by atoms with van der Waals surface area (Å²) in [6.45, 7) is 1.91. The van der Waals surface area contributed by atoms with Crippen molar-refractivity contribution in [3.63, 3.8) is 0 Å². The van der Waals surface area contributed by atoms with Gasteiger partial charge in [0.1, 0.15) is 16.5 Å². The molecule has 1 saturated carbocycles. The molecule has 1 aliphatic rings. The molecule has 5 nitrogen and oxygen atoms in total. The fraction of sp³-hybridized carbons (Fsp3) is 0.323. The van der Waals surface area contributed by atoms with Gasteiger partial charge >= 0.3 is 0 Å². The van der Waals surface area contributed by atoms with Crippen molar-refractivity contribution >= 4 is 48.8 Å². The van der Waals surface area contributed by atoms with Gasteiger partial charge in [-0.05, 0) is 79.8 Å². The van der Waals surface area contributed by atoms with E-state index in [2.05, 4.69) is 5.32 Å². The Morgan fingerprint density at radius 3 is 2.32 bits per heavy atom. The van der Waals surface area contributed by atoms with Crippen molar-refractivity contribution < 1.29 is 22.0 Å². The molecule has 0 aliphatic heterocycles. The monoisotopic (exact) mass is 616 g/mol. The molecular weight excluding hydrogens is 586 g/mol. The Bertz CT molecular complexity index is 1680. The van der Waals surface area contributed by atoms with Crippen LogP contribution >= 0.6 is 22.9 Å². The van der Waals surface area contributed by atoms with Gasteiger partial charge in [-0.25, -0.2) is 17.2 Å². The standard InChI is InChI=1S/C31H31ClF2N2O3S2/c1-3-41(38,39)24-13-7-20(8-14-24)21-6-4-5-19(17-21)18-36(23-11-9-22(35-2)10-12-23)31(37)30-28(32)27-25(33)15-16-26(34)29(27)40-30/h4-8,13-17,22-23,35H,3,9-12,18H2,1-2H3. The minimum absolute atomic E-state index is 0.0328. The summed E-state index contributed by atoms with van der Waals surface area (Å²) in [5, 5.41) is 3.19. The lowest BCUT2D eigenvalue weighted by atomic mass is 9.89. The Kier molecular flexibility index (Phi) is 8.80. The molecule has 1 N–H and O–H groups in total. The van der Waals surface area contributed by atoms with E-state index >= 15 is 0 Å². The zero-order chi connectivity index (χ0) is 29.3. The molecule has 1 aromatic heterocycles. The average molecular weight is 617 g/mol. The first-order valence-corrected chi connectivity index (χ1v) is 16.4. The quantitative estimate of drug-likeness (QED) is 0.223. The number of fused-ring (bicyclic) bond motifs is 1. The topological polar surface area (TPSA) is 66.5 Å². The number of rotatable bonds is 8. The number of sulfone groups is 1. The lowest BCUT2D eigenvalue weighted by Gasteiger charge is -2.37. The lowest BCUT2D eigenvalue weighted by Crippen LogP contribution is -2.44. The summed E-state index contributed by atoms with van der Waals surface area (Å²) in [6.07, 6.45) is 3.38. The molecule has 0 radical (unpaired) electrons. The van der Waals surface area contributed by atoms with Crippen molar-refractivity contribution in [2.75, 3.05) is 12.8 Å². The summed E-state index contributed by atoms with van der Waals surface area (Å²) in [5.41, 5.74) is 2.62. The van der Waals surface area contributed by atoms with Crippen molar-refractivity contribution in [2.24, 2.45) is 0 Å². The van der Waals surface area contributed by atoms with Crippen molar-refractivity contribution in [1.82, 2.24) is 10.2 Å². The van der Waals surface area contributed by atoms with Crippen LogP contribution in [0.1, 0.15) is 47.8 Å². The third kappa shape index (κ3) is 6.04. The van der Waals surface area contributed by atoms with E-state index < -0.39 is 21.5 Å². The van der Waals surface area contributed by atoms with Crippen LogP contribution in [0.15, 0.2) is 65.6 Å². The normalized spacial score (nSPS) is 17.6. The number of carbonyl (C=O) groups excluding carboxylic acids is 1. The predicted octanol–water partition coefficient (Wildman–Crippen LogP) is 7.47. The minimum atomic E-state index is -3.30. The third-order valence-electron chi connectivity index (χ3n) is 7.89. The minimum Gasteiger partial charge on any atom is -0.331 e. The van der Waals surface area contributed by atoms with Crippen LogP contribution in [0.4, 0.5) is 8.78 Å². The number of amides is 1. The predicted molar refractivity (Wildman–Crippen MR) is 161 cm³/mol. The number of benzene rings is 3. The van der Waals surface area contributed by atoms with Crippen LogP contribution in [-0.4, -0.2) is 44.1 Å². The highest BCUT2D eigenvalue weighted by atomic mass is 35.5. The van der Waals surface area contributed by atoms with E-state index in [0.717, 1.165) is 65.8 Å². The van der Waals surface area contributed by atoms with Crippen LogP contribution in [0.25, 0.3) is 21.2 Å². The van der Waals surface area contributed by atoms with Gasteiger partial charge in [-0.3, -0.25) is 4.79 Å². The SMILES string of the molecule is CCS(=O)(=O)c1ccc(-c2cccc(CN(C(=O)c3sc4c(F)ccc(F)c4c3Cl)C3CCC(NC)CC3)c2)cc1. The van der Waals surface area contributed by atoms with Crippen molar-refractivity contribution in [2.45, 2.75) is 56.1 Å². The molecule has 0 unspecified atom stereocenters. The zero-order valence-corrected chi connectivity index (χ0v) is 25.2. The molecule has 1 fully saturated rings. The molecule has 0 spiro atoms. The van der Waals surface area contributed by atoms with E-state index in [9.17, 15) is 22.0 Å². The molecule has 4 aromatic rings. The molecule has 10 heteroatoms. The van der Waals surface area contributed by atoms with E-state index in [1.54, 1.807) is 36.1 Å². The first-order valence-electron chi connectivity index (χ1n) is 13.6. The van der Waals surface area contributed by atoms with Crippen molar-refractivity contribution in [3.8, 4) is 11.1 Å². The Balaban J connectivity index is 1.48. The highest BCUT2D eigenvalue weighted by Crippen LogP contribution is 2.40. The molecule has 216 valence electrons. The molecule has 0 saturated heterocycles. The summed E-state index contributed by atoms with van der Waals surface area (Å²) >= 11 is 7.41. The Hall–Kier alpha value is -2.85.